The second-order valence-electron chi connectivity index (χ2n) is 5.50. The van der Waals surface area contributed by atoms with Crippen LogP contribution in [0, 0.1) is 0 Å². The van der Waals surface area contributed by atoms with Gasteiger partial charge in [0.05, 0.1) is 15.8 Å². The molecule has 0 radical (unpaired) electrons. The van der Waals surface area contributed by atoms with Crippen LogP contribution in [0.2, 0.25) is 0 Å². The number of nitrogens with one attached hydrogen (secondary N) is 1. The monoisotopic (exact) mass is 408 g/mol. The van der Waals surface area contributed by atoms with Crippen molar-refractivity contribution < 1.29 is 16.8 Å². The van der Waals surface area contributed by atoms with E-state index in [9.17, 15) is 16.8 Å². The van der Waals surface area contributed by atoms with Crippen molar-refractivity contribution in [3.63, 3.8) is 0 Å². The molecule has 0 spiro atoms. The lowest BCUT2D eigenvalue weighted by Crippen LogP contribution is -2.29. The highest BCUT2D eigenvalue weighted by Crippen LogP contribution is 2.28. The highest BCUT2D eigenvalue weighted by molar-refractivity contribution is 7.90. The Morgan fingerprint density at radius 1 is 0.846 bits per heavy atom. The Morgan fingerprint density at radius 2 is 1.54 bits per heavy atom. The van der Waals surface area contributed by atoms with Crippen LogP contribution in [-0.2, 0) is 20.0 Å². The maximum Gasteiger partial charge on any atom is 0.241 e. The fourth-order valence-corrected chi connectivity index (χ4v) is 5.19. The van der Waals surface area contributed by atoms with Crippen molar-refractivity contribution >= 4 is 31.4 Å². The minimum atomic E-state index is -4.00. The quantitative estimate of drug-likeness (QED) is 0.653. The lowest BCUT2D eigenvalue weighted by molar-refractivity contribution is 0.573. The first kappa shape index (κ1) is 18.7. The van der Waals surface area contributed by atoms with Gasteiger partial charge in [-0.2, -0.15) is 4.72 Å². The third-order valence-electron chi connectivity index (χ3n) is 3.68. The van der Waals surface area contributed by atoms with Crippen molar-refractivity contribution in [2.45, 2.75) is 15.8 Å². The van der Waals surface area contributed by atoms with Crippen LogP contribution in [0.1, 0.15) is 16.5 Å². The van der Waals surface area contributed by atoms with Crippen LogP contribution in [0.4, 0.5) is 0 Å². The molecule has 0 unspecified atom stereocenters. The van der Waals surface area contributed by atoms with E-state index in [1.54, 1.807) is 0 Å². The summed E-state index contributed by atoms with van der Waals surface area (Å²) in [5, 5.41) is 6.96. The van der Waals surface area contributed by atoms with Crippen molar-refractivity contribution in [3.8, 4) is 0 Å². The molecule has 136 valence electrons. The lowest BCUT2D eigenvalue weighted by Gasteiger charge is -2.18. The number of benzene rings is 2. The van der Waals surface area contributed by atoms with Crippen molar-refractivity contribution in [2.75, 3.05) is 0 Å². The molecule has 6 nitrogen and oxygen atoms in total. The van der Waals surface area contributed by atoms with Crippen LogP contribution in [-0.4, -0.2) is 16.8 Å². The smallest absolute Gasteiger partial charge is 0.225 e. The minimum absolute atomic E-state index is 0.165. The molecule has 1 heterocycles. The van der Waals surface area contributed by atoms with E-state index in [2.05, 4.69) is 4.72 Å². The van der Waals surface area contributed by atoms with Gasteiger partial charge in [0.2, 0.25) is 20.0 Å². The van der Waals surface area contributed by atoms with Crippen LogP contribution in [0.3, 0.4) is 0 Å². The van der Waals surface area contributed by atoms with E-state index >= 15 is 0 Å². The van der Waals surface area contributed by atoms with Gasteiger partial charge in [0, 0.05) is 4.88 Å². The fourth-order valence-electron chi connectivity index (χ4n) is 2.43. The lowest BCUT2D eigenvalue weighted by atomic mass is 10.1. The molecule has 0 aliphatic heterocycles. The van der Waals surface area contributed by atoms with Gasteiger partial charge < -0.3 is 0 Å². The molecule has 3 N–H and O–H groups in total. The zero-order valence-corrected chi connectivity index (χ0v) is 15.9. The van der Waals surface area contributed by atoms with Gasteiger partial charge in [-0.1, -0.05) is 42.5 Å². The molecule has 0 amide bonds. The van der Waals surface area contributed by atoms with Crippen molar-refractivity contribution in [2.24, 2.45) is 5.14 Å². The number of primary sulfonamides is 1. The molecule has 3 rings (SSSR count). The molecule has 0 fully saturated rings. The Kier molecular flexibility index (Phi) is 5.26. The van der Waals surface area contributed by atoms with Crippen molar-refractivity contribution in [1.82, 2.24) is 4.72 Å². The zero-order chi connectivity index (χ0) is 18.8. The maximum absolute atomic E-state index is 12.8. The Labute approximate surface area is 156 Å². The van der Waals surface area contributed by atoms with Gasteiger partial charge in [-0.25, -0.2) is 22.0 Å². The van der Waals surface area contributed by atoms with Crippen LogP contribution in [0.25, 0.3) is 0 Å². The van der Waals surface area contributed by atoms with Gasteiger partial charge >= 0.3 is 0 Å². The Bertz CT molecular complexity index is 1090. The van der Waals surface area contributed by atoms with E-state index in [-0.39, 0.29) is 9.79 Å². The second kappa shape index (κ2) is 7.29. The Balaban J connectivity index is 2.01. The summed E-state index contributed by atoms with van der Waals surface area (Å²) in [6.45, 7) is 0. The van der Waals surface area contributed by atoms with E-state index in [4.69, 9.17) is 5.14 Å². The molecule has 9 heteroatoms. The molecule has 2 aromatic carbocycles. The first-order valence-corrected chi connectivity index (χ1v) is 11.4. The topological polar surface area (TPSA) is 106 Å². The first-order valence-electron chi connectivity index (χ1n) is 7.51. The molecule has 0 saturated carbocycles. The van der Waals surface area contributed by atoms with Crippen LogP contribution in [0.15, 0.2) is 81.9 Å². The summed E-state index contributed by atoms with van der Waals surface area (Å²) in [5.41, 5.74) is 0.779. The summed E-state index contributed by atoms with van der Waals surface area (Å²) in [4.78, 5) is 0.400. The molecule has 0 bridgehead atoms. The van der Waals surface area contributed by atoms with E-state index in [0.29, 0.717) is 0 Å². The molecular weight excluding hydrogens is 392 g/mol. The first-order chi connectivity index (χ1) is 12.3. The molecular formula is C17H16N2O4S3. The zero-order valence-electron chi connectivity index (χ0n) is 13.4. The molecule has 0 aliphatic carbocycles. The summed E-state index contributed by atoms with van der Waals surface area (Å²) >= 11 is 1.43. The molecule has 0 saturated heterocycles. The number of thiophene rings is 1. The largest absolute Gasteiger partial charge is 0.241 e. The van der Waals surface area contributed by atoms with Gasteiger partial charge in [-0.05, 0) is 35.2 Å². The van der Waals surface area contributed by atoms with Crippen LogP contribution in [0.5, 0.6) is 0 Å². The molecule has 1 aromatic heterocycles. The average Bonchev–Trinajstić information content (AvgIpc) is 3.14. The van der Waals surface area contributed by atoms with Crippen molar-refractivity contribution in [3.05, 3.63) is 82.6 Å². The minimum Gasteiger partial charge on any atom is -0.225 e. The predicted molar refractivity (Wildman–Crippen MR) is 101 cm³/mol. The number of hydrogen-bond donors (Lipinski definition) is 2. The predicted octanol–water partition coefficient (Wildman–Crippen LogP) is 2.46. The van der Waals surface area contributed by atoms with Gasteiger partial charge in [-0.3, -0.25) is 0 Å². The summed E-state index contributed by atoms with van der Waals surface area (Å²) in [7, 11) is -7.98. The number of nitrogens with two attached hydrogens (primary N) is 1. The standard InChI is InChI=1S/C17H16N2O4S3/c18-25(20,21)14-8-4-9-15(12-14)26(22,23)19-17(16-10-5-11-24-16)13-6-2-1-3-7-13/h1-12,17,19H,(H2,18,20,21)/t17-/m1/s1. The molecule has 26 heavy (non-hydrogen) atoms. The SMILES string of the molecule is NS(=O)(=O)c1cccc(S(=O)(=O)N[C@H](c2ccccc2)c2cccs2)c1. The fraction of sp³-hybridized carbons (Fsp3) is 0.0588. The maximum atomic E-state index is 12.8. The van der Waals surface area contributed by atoms with Gasteiger partial charge in [0.15, 0.2) is 0 Å². The number of rotatable bonds is 6. The third kappa shape index (κ3) is 4.19. The molecule has 3 aromatic rings. The van der Waals surface area contributed by atoms with E-state index in [0.717, 1.165) is 16.5 Å². The summed E-state index contributed by atoms with van der Waals surface area (Å²) in [5.74, 6) is 0. The van der Waals surface area contributed by atoms with E-state index in [1.165, 1.54) is 29.5 Å². The second-order valence-corrected chi connectivity index (χ2v) is 9.75. The summed E-state index contributed by atoms with van der Waals surface area (Å²) < 4.78 is 51.4. The number of hydrogen-bond acceptors (Lipinski definition) is 5. The summed E-state index contributed by atoms with van der Waals surface area (Å²) in [6, 6.07) is 17.2. The van der Waals surface area contributed by atoms with Gasteiger partial charge in [0.25, 0.3) is 0 Å². The molecule has 0 aliphatic rings. The van der Waals surface area contributed by atoms with Crippen LogP contribution >= 0.6 is 11.3 Å². The van der Waals surface area contributed by atoms with Crippen molar-refractivity contribution in [1.29, 1.82) is 0 Å². The van der Waals surface area contributed by atoms with Gasteiger partial charge in [-0.15, -0.1) is 11.3 Å². The molecule has 1 atom stereocenters. The number of sulfonamides is 2. The van der Waals surface area contributed by atoms with Gasteiger partial charge in [0.1, 0.15) is 0 Å². The summed E-state index contributed by atoms with van der Waals surface area (Å²) in [6.07, 6.45) is 0. The Hall–Kier alpha value is -2.04. The van der Waals surface area contributed by atoms with Crippen LogP contribution < -0.4 is 9.86 Å². The average molecular weight is 409 g/mol. The Morgan fingerprint density at radius 3 is 2.15 bits per heavy atom. The van der Waals surface area contributed by atoms with E-state index < -0.39 is 26.1 Å². The third-order valence-corrected chi connectivity index (χ3v) is 6.95. The highest BCUT2D eigenvalue weighted by Gasteiger charge is 2.24. The van der Waals surface area contributed by atoms with E-state index in [1.807, 2.05) is 47.8 Å². The highest BCUT2D eigenvalue weighted by atomic mass is 32.2. The normalized spacial score (nSPS) is 13.4.